The molecule has 0 radical (unpaired) electrons. The summed E-state index contributed by atoms with van der Waals surface area (Å²) in [5, 5.41) is 10.6. The van der Waals surface area contributed by atoms with Gasteiger partial charge >= 0.3 is 0 Å². The van der Waals surface area contributed by atoms with Crippen molar-refractivity contribution in [3.05, 3.63) is 46.7 Å². The van der Waals surface area contributed by atoms with Crippen LogP contribution in [0.5, 0.6) is 28.7 Å². The topological polar surface area (TPSA) is 77.5 Å². The number of phenolic OH excluding ortho intramolecular Hbond substituents is 1. The van der Waals surface area contributed by atoms with Gasteiger partial charge in [-0.05, 0) is 42.5 Å². The predicted molar refractivity (Wildman–Crippen MR) is 125 cm³/mol. The first-order valence-corrected chi connectivity index (χ1v) is 11.2. The Bertz CT molecular complexity index is 1080. The van der Waals surface area contributed by atoms with Crippen LogP contribution in [0.3, 0.4) is 0 Å². The van der Waals surface area contributed by atoms with Crippen molar-refractivity contribution in [2.75, 3.05) is 34.4 Å². The van der Waals surface area contributed by atoms with E-state index in [1.165, 1.54) is 6.42 Å². The van der Waals surface area contributed by atoms with Gasteiger partial charge in [-0.1, -0.05) is 13.8 Å². The van der Waals surface area contributed by atoms with E-state index < -0.39 is 0 Å². The van der Waals surface area contributed by atoms with Gasteiger partial charge in [-0.25, -0.2) is 0 Å². The van der Waals surface area contributed by atoms with Crippen molar-refractivity contribution in [2.45, 2.75) is 26.8 Å². The van der Waals surface area contributed by atoms with Crippen LogP contribution in [0.25, 0.3) is 6.08 Å². The molecule has 7 nitrogen and oxygen atoms in total. The molecule has 0 amide bonds. The molecular weight excluding hydrogens is 422 g/mol. The Morgan fingerprint density at radius 3 is 2.30 bits per heavy atom. The minimum atomic E-state index is -0.233. The Hall–Kier alpha value is -3.19. The third-order valence-electron chi connectivity index (χ3n) is 6.26. The van der Waals surface area contributed by atoms with Gasteiger partial charge in [0, 0.05) is 31.3 Å². The van der Waals surface area contributed by atoms with Gasteiger partial charge in [0.05, 0.1) is 32.5 Å². The first-order valence-electron chi connectivity index (χ1n) is 11.2. The maximum Gasteiger partial charge on any atom is 0.231 e. The zero-order chi connectivity index (χ0) is 23.7. The molecule has 0 spiro atoms. The van der Waals surface area contributed by atoms with Crippen molar-refractivity contribution in [2.24, 2.45) is 11.8 Å². The molecular formula is C26H31NO6. The number of likely N-dealkylation sites (tertiary alicyclic amines) is 1. The number of ketones is 1. The normalized spacial score (nSPS) is 21.6. The van der Waals surface area contributed by atoms with Gasteiger partial charge in [0.1, 0.15) is 17.2 Å². The highest BCUT2D eigenvalue weighted by Crippen LogP contribution is 2.42. The fourth-order valence-corrected chi connectivity index (χ4v) is 4.90. The number of aromatic hydroxyl groups is 1. The van der Waals surface area contributed by atoms with E-state index in [0.29, 0.717) is 58.1 Å². The monoisotopic (exact) mass is 453 g/mol. The van der Waals surface area contributed by atoms with Crippen LogP contribution < -0.4 is 18.9 Å². The number of hydrogen-bond donors (Lipinski definition) is 1. The zero-order valence-electron chi connectivity index (χ0n) is 19.8. The average molecular weight is 454 g/mol. The highest BCUT2D eigenvalue weighted by Gasteiger charge is 2.33. The van der Waals surface area contributed by atoms with Crippen molar-refractivity contribution >= 4 is 11.9 Å². The summed E-state index contributed by atoms with van der Waals surface area (Å²) in [5.41, 5.74) is 1.71. The van der Waals surface area contributed by atoms with E-state index >= 15 is 0 Å². The molecule has 1 fully saturated rings. The molecule has 0 saturated carbocycles. The number of allylic oxidation sites excluding steroid dienone is 1. The van der Waals surface area contributed by atoms with Crippen LogP contribution in [0.15, 0.2) is 30.0 Å². The summed E-state index contributed by atoms with van der Waals surface area (Å²) in [7, 11) is 4.64. The second-order valence-corrected chi connectivity index (χ2v) is 8.97. The second kappa shape index (κ2) is 9.35. The Kier molecular flexibility index (Phi) is 6.51. The molecule has 0 unspecified atom stereocenters. The van der Waals surface area contributed by atoms with E-state index in [9.17, 15) is 9.90 Å². The second-order valence-electron chi connectivity index (χ2n) is 8.97. The third-order valence-corrected chi connectivity index (χ3v) is 6.26. The van der Waals surface area contributed by atoms with Gasteiger partial charge in [-0.2, -0.15) is 0 Å². The lowest BCUT2D eigenvalue weighted by molar-refractivity contribution is 0.101. The zero-order valence-corrected chi connectivity index (χ0v) is 19.8. The highest BCUT2D eigenvalue weighted by molar-refractivity contribution is 6.15. The highest BCUT2D eigenvalue weighted by atomic mass is 16.5. The molecule has 7 heteroatoms. The smallest absolute Gasteiger partial charge is 0.231 e. The number of hydrogen-bond acceptors (Lipinski definition) is 7. The lowest BCUT2D eigenvalue weighted by Crippen LogP contribution is -2.38. The summed E-state index contributed by atoms with van der Waals surface area (Å²) < 4.78 is 22.3. The molecule has 2 aromatic rings. The van der Waals surface area contributed by atoms with Gasteiger partial charge in [-0.15, -0.1) is 0 Å². The Labute approximate surface area is 194 Å². The SMILES string of the molecule is COc1cc(OC)c(OC)cc1/C=C1\Oc2c(ccc(O)c2CN2C[C@H](C)C[C@H](C)C2)C1=O. The minimum absolute atomic E-state index is 0.136. The van der Waals surface area contributed by atoms with Crippen molar-refractivity contribution < 1.29 is 28.8 Å². The third kappa shape index (κ3) is 4.50. The molecule has 33 heavy (non-hydrogen) atoms. The van der Waals surface area contributed by atoms with Crippen molar-refractivity contribution in [3.63, 3.8) is 0 Å². The van der Waals surface area contributed by atoms with Crippen LogP contribution in [0.4, 0.5) is 0 Å². The first-order chi connectivity index (χ1) is 15.8. The number of piperidine rings is 1. The minimum Gasteiger partial charge on any atom is -0.507 e. The number of benzene rings is 2. The largest absolute Gasteiger partial charge is 0.507 e. The van der Waals surface area contributed by atoms with E-state index in [1.54, 1.807) is 51.7 Å². The molecule has 1 saturated heterocycles. The average Bonchev–Trinajstić information content (AvgIpc) is 3.10. The van der Waals surface area contributed by atoms with Crippen LogP contribution in [-0.2, 0) is 6.54 Å². The summed E-state index contributed by atoms with van der Waals surface area (Å²) in [6.45, 7) is 6.93. The summed E-state index contributed by atoms with van der Waals surface area (Å²) in [5.74, 6) is 3.23. The Morgan fingerprint density at radius 1 is 1.03 bits per heavy atom. The van der Waals surface area contributed by atoms with E-state index in [1.807, 2.05) is 0 Å². The van der Waals surface area contributed by atoms with Crippen LogP contribution in [0, 0.1) is 11.8 Å². The molecule has 0 aliphatic carbocycles. The molecule has 2 atom stereocenters. The van der Waals surface area contributed by atoms with Crippen molar-refractivity contribution in [1.29, 1.82) is 0 Å². The van der Waals surface area contributed by atoms with Crippen LogP contribution in [-0.4, -0.2) is 50.2 Å². The fraction of sp³-hybridized carbons (Fsp3) is 0.423. The lowest BCUT2D eigenvalue weighted by Gasteiger charge is -2.35. The number of phenols is 1. The molecule has 2 aliphatic rings. The van der Waals surface area contributed by atoms with Crippen LogP contribution in [0.1, 0.15) is 41.8 Å². The Morgan fingerprint density at radius 2 is 1.67 bits per heavy atom. The van der Waals surface area contributed by atoms with Gasteiger partial charge in [-0.3, -0.25) is 9.69 Å². The number of nitrogens with zero attached hydrogens (tertiary/aromatic N) is 1. The van der Waals surface area contributed by atoms with Gasteiger partial charge in [0.2, 0.25) is 5.78 Å². The van der Waals surface area contributed by atoms with Crippen LogP contribution >= 0.6 is 0 Å². The summed E-state index contributed by atoms with van der Waals surface area (Å²) >= 11 is 0. The van der Waals surface area contributed by atoms with Gasteiger partial charge in [0.25, 0.3) is 0 Å². The molecule has 2 aromatic carbocycles. The Balaban J connectivity index is 1.68. The molecule has 2 heterocycles. The maximum atomic E-state index is 13.2. The number of Topliss-reactive ketones (excluding diaryl/α,β-unsaturated/α-hetero) is 1. The van der Waals surface area contributed by atoms with Gasteiger partial charge < -0.3 is 24.1 Å². The fourth-order valence-electron chi connectivity index (χ4n) is 4.90. The summed E-state index contributed by atoms with van der Waals surface area (Å²) in [6, 6.07) is 6.63. The summed E-state index contributed by atoms with van der Waals surface area (Å²) in [4.78, 5) is 15.5. The standard InChI is InChI=1S/C26H31NO6/c1-15-8-16(2)13-27(12-15)14-19-20(28)7-6-18-25(29)24(33-26(18)19)10-17-9-22(31-4)23(32-5)11-21(17)30-3/h6-7,9-11,15-16,28H,8,12-14H2,1-5H3/b24-10-/t15-,16+. The number of rotatable bonds is 6. The summed E-state index contributed by atoms with van der Waals surface area (Å²) in [6.07, 6.45) is 2.83. The van der Waals surface area contributed by atoms with E-state index in [0.717, 1.165) is 13.1 Å². The predicted octanol–water partition coefficient (Wildman–Crippen LogP) is 4.51. The number of methoxy groups -OCH3 is 3. The quantitative estimate of drug-likeness (QED) is 0.645. The lowest BCUT2D eigenvalue weighted by atomic mass is 9.91. The van der Waals surface area contributed by atoms with Crippen LogP contribution in [0.2, 0.25) is 0 Å². The maximum absolute atomic E-state index is 13.2. The molecule has 2 aliphatic heterocycles. The molecule has 4 rings (SSSR count). The number of ether oxygens (including phenoxy) is 4. The van der Waals surface area contributed by atoms with Crippen molar-refractivity contribution in [1.82, 2.24) is 4.90 Å². The van der Waals surface area contributed by atoms with E-state index in [2.05, 4.69) is 18.7 Å². The number of carbonyl (C=O) groups is 1. The van der Waals surface area contributed by atoms with E-state index in [4.69, 9.17) is 18.9 Å². The number of carbonyl (C=O) groups excluding carboxylic acids is 1. The molecule has 176 valence electrons. The molecule has 0 aromatic heterocycles. The number of fused-ring (bicyclic) bond motifs is 1. The first kappa shape index (κ1) is 23.0. The molecule has 0 bridgehead atoms. The van der Waals surface area contributed by atoms with Gasteiger partial charge in [0.15, 0.2) is 17.3 Å². The van der Waals surface area contributed by atoms with Crippen molar-refractivity contribution in [3.8, 4) is 28.7 Å². The van der Waals surface area contributed by atoms with E-state index in [-0.39, 0.29) is 17.3 Å². The molecule has 1 N–H and O–H groups in total.